The van der Waals surface area contributed by atoms with Gasteiger partial charge >= 0.3 is 0 Å². The molecule has 0 spiro atoms. The molecule has 0 bridgehead atoms. The molecule has 3 heterocycles. The van der Waals surface area contributed by atoms with Crippen molar-refractivity contribution in [3.63, 3.8) is 0 Å². The third-order valence-corrected chi connectivity index (χ3v) is 5.08. The van der Waals surface area contributed by atoms with Crippen molar-refractivity contribution in [1.82, 2.24) is 14.7 Å². The summed E-state index contributed by atoms with van der Waals surface area (Å²) in [5.74, 6) is 0. The van der Waals surface area contributed by atoms with Crippen molar-refractivity contribution >= 4 is 27.6 Å². The Morgan fingerprint density at radius 3 is 3.00 bits per heavy atom. The van der Waals surface area contributed by atoms with Gasteiger partial charge in [0.2, 0.25) is 0 Å². The molecule has 3 nitrogen and oxygen atoms in total. The Hall–Kier alpha value is -1.17. The lowest BCUT2D eigenvalue weighted by atomic mass is 10.2. The molecule has 5 heteroatoms. The summed E-state index contributed by atoms with van der Waals surface area (Å²) in [6.45, 7) is 6.10. The highest BCUT2D eigenvalue weighted by molar-refractivity contribution is 7.15. The third kappa shape index (κ3) is 2.45. The van der Waals surface area contributed by atoms with E-state index in [0.717, 1.165) is 30.2 Å². The van der Waals surface area contributed by atoms with E-state index >= 15 is 0 Å². The van der Waals surface area contributed by atoms with Crippen LogP contribution >= 0.6 is 22.7 Å². The number of thiophene rings is 1. The van der Waals surface area contributed by atoms with Crippen molar-refractivity contribution < 1.29 is 0 Å². The Balaban J connectivity index is 1.69. The van der Waals surface area contributed by atoms with E-state index < -0.39 is 0 Å². The molecule has 0 saturated heterocycles. The molecule has 100 valence electrons. The average Bonchev–Trinajstić information content (AvgIpc) is 3.07. The van der Waals surface area contributed by atoms with E-state index in [4.69, 9.17) is 0 Å². The van der Waals surface area contributed by atoms with E-state index in [1.807, 2.05) is 11.3 Å². The fourth-order valence-electron chi connectivity index (χ4n) is 2.29. The Morgan fingerprint density at radius 1 is 1.26 bits per heavy atom. The lowest BCUT2D eigenvalue weighted by Gasteiger charge is -2.05. The average molecular weight is 291 g/mol. The maximum atomic E-state index is 4.57. The fourth-order valence-corrected chi connectivity index (χ4v) is 4.01. The van der Waals surface area contributed by atoms with Gasteiger partial charge in [-0.15, -0.1) is 22.7 Å². The molecule has 0 aromatic carbocycles. The van der Waals surface area contributed by atoms with Gasteiger partial charge in [-0.3, -0.25) is 4.40 Å². The molecule has 0 aliphatic heterocycles. The molecule has 0 aliphatic carbocycles. The predicted molar refractivity (Wildman–Crippen MR) is 82.0 cm³/mol. The predicted octanol–water partition coefficient (Wildman–Crippen LogP) is 3.62. The zero-order valence-corrected chi connectivity index (χ0v) is 12.8. The Morgan fingerprint density at radius 2 is 2.16 bits per heavy atom. The van der Waals surface area contributed by atoms with Crippen LogP contribution in [-0.2, 0) is 19.5 Å². The topological polar surface area (TPSA) is 29.3 Å². The zero-order chi connectivity index (χ0) is 13.2. The van der Waals surface area contributed by atoms with Gasteiger partial charge in [0.15, 0.2) is 4.96 Å². The van der Waals surface area contributed by atoms with Crippen LogP contribution in [0.1, 0.15) is 28.8 Å². The second kappa shape index (κ2) is 5.45. The van der Waals surface area contributed by atoms with E-state index in [1.54, 1.807) is 11.3 Å². The molecule has 0 amide bonds. The molecule has 0 fully saturated rings. The summed E-state index contributed by atoms with van der Waals surface area (Å²) >= 11 is 3.52. The maximum Gasteiger partial charge on any atom is 0.194 e. The van der Waals surface area contributed by atoms with E-state index in [9.17, 15) is 0 Å². The molecule has 0 saturated carbocycles. The van der Waals surface area contributed by atoms with Crippen LogP contribution in [0, 0.1) is 6.92 Å². The van der Waals surface area contributed by atoms with E-state index in [1.165, 1.54) is 16.1 Å². The summed E-state index contributed by atoms with van der Waals surface area (Å²) in [4.78, 5) is 7.10. The highest BCUT2D eigenvalue weighted by atomic mass is 32.1. The standard InChI is InChI=1S/C14H17N3S2/c1-3-11-4-6-18-13(11)9-15-8-12-10(2)16-14-17(12)5-7-19-14/h4-7,15H,3,8-9H2,1-2H3. The maximum absolute atomic E-state index is 4.57. The molecule has 3 aromatic rings. The SMILES string of the molecule is CCc1ccsc1CNCc1c(C)nc2sccn12. The number of thiazole rings is 1. The largest absolute Gasteiger partial charge is 0.306 e. The minimum absolute atomic E-state index is 0.866. The van der Waals surface area contributed by atoms with E-state index in [0.29, 0.717) is 0 Å². The van der Waals surface area contributed by atoms with Gasteiger partial charge in [0.1, 0.15) is 0 Å². The van der Waals surface area contributed by atoms with Crippen LogP contribution in [0.3, 0.4) is 0 Å². The summed E-state index contributed by atoms with van der Waals surface area (Å²) in [5, 5.41) is 7.80. The third-order valence-electron chi connectivity index (χ3n) is 3.36. The van der Waals surface area contributed by atoms with Crippen molar-refractivity contribution in [3.8, 4) is 0 Å². The summed E-state index contributed by atoms with van der Waals surface area (Å²) in [6, 6.07) is 2.23. The number of rotatable bonds is 5. The van der Waals surface area contributed by atoms with Crippen LogP contribution in [0.4, 0.5) is 0 Å². The van der Waals surface area contributed by atoms with Gasteiger partial charge in [0.05, 0.1) is 11.4 Å². The van der Waals surface area contributed by atoms with Crippen LogP contribution in [0.15, 0.2) is 23.0 Å². The number of fused-ring (bicyclic) bond motifs is 1. The van der Waals surface area contributed by atoms with Gasteiger partial charge in [-0.25, -0.2) is 4.98 Å². The van der Waals surface area contributed by atoms with Crippen LogP contribution < -0.4 is 5.32 Å². The Kier molecular flexibility index (Phi) is 3.68. The Bertz CT molecular complexity index is 678. The van der Waals surface area contributed by atoms with E-state index in [2.05, 4.69) is 51.6 Å². The molecule has 0 atom stereocenters. The van der Waals surface area contributed by atoms with Gasteiger partial charge in [0.25, 0.3) is 0 Å². The zero-order valence-electron chi connectivity index (χ0n) is 11.1. The first-order valence-electron chi connectivity index (χ1n) is 6.46. The molecular formula is C14H17N3S2. The van der Waals surface area contributed by atoms with Gasteiger partial charge in [0, 0.05) is 29.5 Å². The quantitative estimate of drug-likeness (QED) is 0.778. The molecule has 3 aromatic heterocycles. The first-order valence-corrected chi connectivity index (χ1v) is 8.22. The van der Waals surface area contributed by atoms with Crippen LogP contribution in [0.5, 0.6) is 0 Å². The summed E-state index contributed by atoms with van der Waals surface area (Å²) in [7, 11) is 0. The van der Waals surface area contributed by atoms with Gasteiger partial charge in [-0.2, -0.15) is 0 Å². The number of aromatic nitrogens is 2. The normalized spacial score (nSPS) is 11.5. The summed E-state index contributed by atoms with van der Waals surface area (Å²) < 4.78 is 2.18. The highest BCUT2D eigenvalue weighted by Crippen LogP contribution is 2.19. The molecule has 3 rings (SSSR count). The lowest BCUT2D eigenvalue weighted by molar-refractivity contribution is 0.676. The van der Waals surface area contributed by atoms with Crippen molar-refractivity contribution in [1.29, 1.82) is 0 Å². The number of hydrogen-bond donors (Lipinski definition) is 1. The van der Waals surface area contributed by atoms with Gasteiger partial charge in [-0.1, -0.05) is 6.92 Å². The van der Waals surface area contributed by atoms with Gasteiger partial charge in [-0.05, 0) is 30.4 Å². The van der Waals surface area contributed by atoms with Gasteiger partial charge < -0.3 is 5.32 Å². The van der Waals surface area contributed by atoms with Crippen LogP contribution in [0.2, 0.25) is 0 Å². The molecular weight excluding hydrogens is 274 g/mol. The Labute approximate surface area is 120 Å². The fraction of sp³-hybridized carbons (Fsp3) is 0.357. The van der Waals surface area contributed by atoms with Crippen LogP contribution in [-0.4, -0.2) is 9.38 Å². The lowest BCUT2D eigenvalue weighted by Crippen LogP contribution is -2.14. The number of hydrogen-bond acceptors (Lipinski definition) is 4. The first-order chi connectivity index (χ1) is 9.29. The number of imidazole rings is 1. The monoisotopic (exact) mass is 291 g/mol. The minimum Gasteiger partial charge on any atom is -0.306 e. The number of nitrogens with zero attached hydrogens (tertiary/aromatic N) is 2. The summed E-state index contributed by atoms with van der Waals surface area (Å²) in [6.07, 6.45) is 3.21. The second-order valence-electron chi connectivity index (χ2n) is 4.53. The minimum atomic E-state index is 0.866. The molecule has 0 aliphatic rings. The first kappa shape index (κ1) is 12.8. The van der Waals surface area contributed by atoms with Crippen molar-refractivity contribution in [2.75, 3.05) is 0 Å². The van der Waals surface area contributed by atoms with Crippen molar-refractivity contribution in [2.45, 2.75) is 33.4 Å². The smallest absolute Gasteiger partial charge is 0.194 e. The second-order valence-corrected chi connectivity index (χ2v) is 6.40. The summed E-state index contributed by atoms with van der Waals surface area (Å²) in [5.41, 5.74) is 3.86. The van der Waals surface area contributed by atoms with Crippen molar-refractivity contribution in [2.24, 2.45) is 0 Å². The van der Waals surface area contributed by atoms with Crippen molar-refractivity contribution in [3.05, 3.63) is 44.9 Å². The molecule has 0 unspecified atom stereocenters. The number of nitrogens with one attached hydrogen (secondary N) is 1. The molecule has 0 radical (unpaired) electrons. The number of aryl methyl sites for hydroxylation is 2. The van der Waals surface area contributed by atoms with Crippen LogP contribution in [0.25, 0.3) is 4.96 Å². The molecule has 1 N–H and O–H groups in total. The van der Waals surface area contributed by atoms with E-state index in [-0.39, 0.29) is 0 Å². The highest BCUT2D eigenvalue weighted by Gasteiger charge is 2.09. The molecule has 19 heavy (non-hydrogen) atoms.